The number of hydrogen-bond acceptors (Lipinski definition) is 4. The minimum atomic E-state index is -0.467. The van der Waals surface area contributed by atoms with Gasteiger partial charge in [-0.3, -0.25) is 9.78 Å². The molecule has 2 aliphatic rings. The summed E-state index contributed by atoms with van der Waals surface area (Å²) in [7, 11) is 0. The van der Waals surface area contributed by atoms with Gasteiger partial charge in [0.25, 0.3) is 5.91 Å². The van der Waals surface area contributed by atoms with Crippen LogP contribution in [0.4, 0.5) is 5.69 Å². The Hall–Kier alpha value is -3.02. The highest BCUT2D eigenvalue weighted by Crippen LogP contribution is 2.37. The number of carbonyl (C=O) groups excluding carboxylic acids is 1. The summed E-state index contributed by atoms with van der Waals surface area (Å²) in [5, 5.41) is 3.49. The number of hydrogen-bond donors (Lipinski definition) is 2. The maximum atomic E-state index is 12.9. The van der Waals surface area contributed by atoms with Gasteiger partial charge in [-0.15, -0.1) is 0 Å². The molecule has 0 unspecified atom stereocenters. The van der Waals surface area contributed by atoms with Crippen molar-refractivity contribution >= 4 is 22.7 Å². The van der Waals surface area contributed by atoms with Crippen molar-refractivity contribution in [3.8, 4) is 0 Å². The molecule has 2 aromatic carbocycles. The number of anilines is 1. The SMILES string of the molecule is C[C@H]1c2cc(NC3CC3)ccc2C(=O)N1Cc1ccc2[nH]c(=O)oc2c1. The molecule has 1 aliphatic heterocycles. The number of amides is 1. The lowest BCUT2D eigenvalue weighted by Crippen LogP contribution is -2.26. The Kier molecular flexibility index (Phi) is 3.22. The van der Waals surface area contributed by atoms with Gasteiger partial charge in [-0.2, -0.15) is 0 Å². The van der Waals surface area contributed by atoms with E-state index in [0.717, 1.165) is 22.4 Å². The van der Waals surface area contributed by atoms with Crippen molar-refractivity contribution in [2.24, 2.45) is 0 Å². The summed E-state index contributed by atoms with van der Waals surface area (Å²) >= 11 is 0. The number of carbonyl (C=O) groups is 1. The summed E-state index contributed by atoms with van der Waals surface area (Å²) in [6.45, 7) is 2.53. The molecule has 6 heteroatoms. The van der Waals surface area contributed by atoms with E-state index in [1.807, 2.05) is 35.2 Å². The predicted molar refractivity (Wildman–Crippen MR) is 98.2 cm³/mol. The summed E-state index contributed by atoms with van der Waals surface area (Å²) in [5.74, 6) is -0.424. The summed E-state index contributed by atoms with van der Waals surface area (Å²) in [4.78, 5) is 28.7. The molecule has 132 valence electrons. The second-order valence-electron chi connectivity index (χ2n) is 7.17. The number of oxazole rings is 1. The molecule has 5 rings (SSSR count). The molecule has 1 atom stereocenters. The number of aromatic nitrogens is 1. The Morgan fingerprint density at radius 2 is 2.04 bits per heavy atom. The van der Waals surface area contributed by atoms with Crippen molar-refractivity contribution in [1.82, 2.24) is 9.88 Å². The average molecular weight is 349 g/mol. The molecule has 0 saturated heterocycles. The summed E-state index contributed by atoms with van der Waals surface area (Å²) in [6.07, 6.45) is 2.44. The molecule has 0 radical (unpaired) electrons. The van der Waals surface area contributed by atoms with Crippen molar-refractivity contribution in [3.63, 3.8) is 0 Å². The standard InChI is InChI=1S/C20H19N3O3/c1-11-16-9-14(21-13-3-4-13)5-6-15(16)19(24)23(11)10-12-2-7-17-18(8-12)26-20(25)22-17/h2,5-9,11,13,21H,3-4,10H2,1H3,(H,22,25)/t11-/m0/s1. The summed E-state index contributed by atoms with van der Waals surface area (Å²) in [6, 6.07) is 12.1. The number of benzene rings is 2. The van der Waals surface area contributed by atoms with Crippen molar-refractivity contribution in [2.75, 3.05) is 5.32 Å². The van der Waals surface area contributed by atoms with Crippen LogP contribution in [0.2, 0.25) is 0 Å². The lowest BCUT2D eigenvalue weighted by Gasteiger charge is -2.22. The molecule has 0 bridgehead atoms. The molecule has 1 saturated carbocycles. The van der Waals surface area contributed by atoms with Gasteiger partial charge in [0.2, 0.25) is 0 Å². The first kappa shape index (κ1) is 15.3. The number of H-pyrrole nitrogens is 1. The number of rotatable bonds is 4. The third-order valence-corrected chi connectivity index (χ3v) is 5.25. The van der Waals surface area contributed by atoms with Gasteiger partial charge in [-0.25, -0.2) is 4.79 Å². The molecule has 0 spiro atoms. The van der Waals surface area contributed by atoms with E-state index in [2.05, 4.69) is 23.3 Å². The van der Waals surface area contributed by atoms with Gasteiger partial charge in [0.1, 0.15) is 0 Å². The summed E-state index contributed by atoms with van der Waals surface area (Å²) in [5.41, 5.74) is 5.04. The minimum absolute atomic E-state index is 0.00684. The quantitative estimate of drug-likeness (QED) is 0.756. The van der Waals surface area contributed by atoms with Crippen LogP contribution >= 0.6 is 0 Å². The molecular weight excluding hydrogens is 330 g/mol. The van der Waals surface area contributed by atoms with Gasteiger partial charge in [0.05, 0.1) is 11.6 Å². The van der Waals surface area contributed by atoms with Crippen LogP contribution in [-0.2, 0) is 6.54 Å². The zero-order valence-corrected chi connectivity index (χ0v) is 14.4. The lowest BCUT2D eigenvalue weighted by atomic mass is 10.0. The van der Waals surface area contributed by atoms with E-state index >= 15 is 0 Å². The van der Waals surface area contributed by atoms with Crippen LogP contribution in [0, 0.1) is 0 Å². The highest BCUT2D eigenvalue weighted by Gasteiger charge is 2.34. The van der Waals surface area contributed by atoms with E-state index in [1.165, 1.54) is 12.8 Å². The van der Waals surface area contributed by atoms with Crippen molar-refractivity contribution in [1.29, 1.82) is 0 Å². The smallest absolute Gasteiger partial charge is 0.408 e. The van der Waals surface area contributed by atoms with Crippen LogP contribution in [0.25, 0.3) is 11.1 Å². The Labute approximate surface area is 149 Å². The van der Waals surface area contributed by atoms with Crippen LogP contribution in [-0.4, -0.2) is 21.8 Å². The Balaban J connectivity index is 1.43. The van der Waals surface area contributed by atoms with Crippen LogP contribution < -0.4 is 11.1 Å². The maximum absolute atomic E-state index is 12.9. The van der Waals surface area contributed by atoms with E-state index in [9.17, 15) is 9.59 Å². The number of nitrogens with one attached hydrogen (secondary N) is 2. The van der Waals surface area contributed by atoms with Crippen molar-refractivity contribution in [3.05, 3.63) is 63.6 Å². The second-order valence-corrected chi connectivity index (χ2v) is 7.17. The van der Waals surface area contributed by atoms with E-state index in [1.54, 1.807) is 0 Å². The highest BCUT2D eigenvalue weighted by molar-refractivity contribution is 5.99. The van der Waals surface area contributed by atoms with Gasteiger partial charge < -0.3 is 14.6 Å². The average Bonchev–Trinajstić information content (AvgIpc) is 3.31. The van der Waals surface area contributed by atoms with Crippen LogP contribution in [0.3, 0.4) is 0 Å². The van der Waals surface area contributed by atoms with E-state index < -0.39 is 5.76 Å². The zero-order valence-electron chi connectivity index (χ0n) is 14.4. The monoisotopic (exact) mass is 349 g/mol. The predicted octanol–water partition coefficient (Wildman–Crippen LogP) is 3.41. The molecule has 2 heterocycles. The molecule has 2 N–H and O–H groups in total. The zero-order chi connectivity index (χ0) is 17.8. The third-order valence-electron chi connectivity index (χ3n) is 5.25. The van der Waals surface area contributed by atoms with Gasteiger partial charge in [0.15, 0.2) is 5.58 Å². The first-order valence-corrected chi connectivity index (χ1v) is 8.92. The van der Waals surface area contributed by atoms with Gasteiger partial charge in [-0.05, 0) is 61.2 Å². The maximum Gasteiger partial charge on any atom is 0.417 e. The molecule has 1 aliphatic carbocycles. The van der Waals surface area contributed by atoms with Gasteiger partial charge in [-0.1, -0.05) is 6.07 Å². The normalized spacial score (nSPS) is 19.2. The highest BCUT2D eigenvalue weighted by atomic mass is 16.4. The number of nitrogens with zero attached hydrogens (tertiary/aromatic N) is 1. The molecule has 1 aromatic heterocycles. The van der Waals surface area contributed by atoms with Crippen molar-refractivity contribution < 1.29 is 9.21 Å². The van der Waals surface area contributed by atoms with Crippen molar-refractivity contribution in [2.45, 2.75) is 38.4 Å². The molecule has 26 heavy (non-hydrogen) atoms. The minimum Gasteiger partial charge on any atom is -0.408 e. The fourth-order valence-corrected chi connectivity index (χ4v) is 3.65. The summed E-state index contributed by atoms with van der Waals surface area (Å²) < 4.78 is 5.12. The van der Waals surface area contributed by atoms with Crippen LogP contribution in [0.5, 0.6) is 0 Å². The van der Waals surface area contributed by atoms with Crippen LogP contribution in [0.1, 0.15) is 47.3 Å². The molecular formula is C20H19N3O3. The van der Waals surface area contributed by atoms with Gasteiger partial charge in [0, 0.05) is 23.8 Å². The second kappa shape index (κ2) is 5.49. The van der Waals surface area contributed by atoms with E-state index in [0.29, 0.717) is 23.7 Å². The molecule has 6 nitrogen and oxygen atoms in total. The third kappa shape index (κ3) is 2.49. The number of fused-ring (bicyclic) bond motifs is 2. The van der Waals surface area contributed by atoms with Crippen LogP contribution in [0.15, 0.2) is 45.6 Å². The fourth-order valence-electron chi connectivity index (χ4n) is 3.65. The largest absolute Gasteiger partial charge is 0.417 e. The lowest BCUT2D eigenvalue weighted by molar-refractivity contribution is 0.0723. The number of aromatic amines is 1. The Bertz CT molecular complexity index is 1080. The Morgan fingerprint density at radius 3 is 2.85 bits per heavy atom. The molecule has 3 aromatic rings. The fraction of sp³-hybridized carbons (Fsp3) is 0.300. The van der Waals surface area contributed by atoms with E-state index in [-0.39, 0.29) is 11.9 Å². The first-order valence-electron chi connectivity index (χ1n) is 8.92. The topological polar surface area (TPSA) is 78.3 Å². The first-order chi connectivity index (χ1) is 12.6. The molecule has 1 amide bonds. The Morgan fingerprint density at radius 1 is 1.19 bits per heavy atom. The molecule has 1 fully saturated rings. The van der Waals surface area contributed by atoms with E-state index in [4.69, 9.17) is 4.42 Å². The van der Waals surface area contributed by atoms with Gasteiger partial charge >= 0.3 is 5.76 Å².